The number of aromatic amines is 1. The maximum absolute atomic E-state index is 13.9. The molecule has 0 saturated carbocycles. The lowest BCUT2D eigenvalue weighted by Gasteiger charge is -2.12. The summed E-state index contributed by atoms with van der Waals surface area (Å²) in [6.45, 7) is 0. The molecule has 0 spiro atoms. The number of hydrogen-bond donors (Lipinski definition) is 2. The normalized spacial score (nSPS) is 12.2. The first kappa shape index (κ1) is 20.2. The van der Waals surface area contributed by atoms with Gasteiger partial charge in [0.1, 0.15) is 16.5 Å². The molecule has 0 atom stereocenters. The van der Waals surface area contributed by atoms with Gasteiger partial charge in [0, 0.05) is 23.0 Å². The summed E-state index contributed by atoms with van der Waals surface area (Å²) in [5.74, 6) is -3.37. The van der Waals surface area contributed by atoms with E-state index in [4.69, 9.17) is 11.6 Å². The molecule has 0 aliphatic heterocycles. The standard InChI is InChI=1S/C17H10ClF5N2O2S/c18-10-3-1-2-9(4-10)15-5-11(8-24-15)28(26,27)25-16-7-13(19)12(6-14(16)20)17(21,22)23/h1-8,24-25H. The van der Waals surface area contributed by atoms with Gasteiger partial charge in [0.15, 0.2) is 0 Å². The minimum absolute atomic E-state index is 0.109. The molecule has 28 heavy (non-hydrogen) atoms. The number of benzene rings is 2. The average molecular weight is 437 g/mol. The molecule has 0 bridgehead atoms. The van der Waals surface area contributed by atoms with Crippen LogP contribution in [0.25, 0.3) is 11.3 Å². The first-order chi connectivity index (χ1) is 13.0. The van der Waals surface area contributed by atoms with Gasteiger partial charge >= 0.3 is 6.18 Å². The van der Waals surface area contributed by atoms with E-state index in [9.17, 15) is 30.4 Å². The maximum atomic E-state index is 13.9. The van der Waals surface area contributed by atoms with E-state index in [1.807, 2.05) is 0 Å². The van der Waals surface area contributed by atoms with Crippen LogP contribution in [0.15, 0.2) is 53.6 Å². The zero-order valence-corrected chi connectivity index (χ0v) is 15.2. The van der Waals surface area contributed by atoms with Gasteiger partial charge in [0.2, 0.25) is 0 Å². The van der Waals surface area contributed by atoms with Crippen molar-refractivity contribution in [3.05, 3.63) is 70.9 Å². The second-order valence-electron chi connectivity index (χ2n) is 5.67. The molecular formula is C17H10ClF5N2O2S. The molecule has 2 N–H and O–H groups in total. The number of rotatable bonds is 4. The smallest absolute Gasteiger partial charge is 0.360 e. The number of alkyl halides is 3. The van der Waals surface area contributed by atoms with Crippen molar-refractivity contribution in [2.45, 2.75) is 11.1 Å². The summed E-state index contributed by atoms with van der Waals surface area (Å²) in [5, 5.41) is 0.414. The summed E-state index contributed by atoms with van der Waals surface area (Å²) in [5.41, 5.74) is -1.84. The Balaban J connectivity index is 1.92. The van der Waals surface area contributed by atoms with Crippen molar-refractivity contribution in [1.82, 2.24) is 4.98 Å². The molecule has 0 unspecified atom stereocenters. The molecule has 0 amide bonds. The van der Waals surface area contributed by atoms with E-state index in [1.165, 1.54) is 6.07 Å². The van der Waals surface area contributed by atoms with Crippen LogP contribution in [-0.4, -0.2) is 13.4 Å². The van der Waals surface area contributed by atoms with Gasteiger partial charge < -0.3 is 4.98 Å². The molecular weight excluding hydrogens is 427 g/mol. The zero-order chi connectivity index (χ0) is 20.7. The van der Waals surface area contributed by atoms with Crippen LogP contribution in [0.5, 0.6) is 0 Å². The zero-order valence-electron chi connectivity index (χ0n) is 13.6. The van der Waals surface area contributed by atoms with E-state index >= 15 is 0 Å². The number of sulfonamides is 1. The lowest BCUT2D eigenvalue weighted by molar-refractivity contribution is -0.140. The van der Waals surface area contributed by atoms with E-state index in [1.54, 1.807) is 29.0 Å². The summed E-state index contributed by atoms with van der Waals surface area (Å²) in [6.07, 6.45) is -4.02. The van der Waals surface area contributed by atoms with Crippen LogP contribution in [0.1, 0.15) is 5.56 Å². The Morgan fingerprint density at radius 2 is 1.71 bits per heavy atom. The number of hydrogen-bond acceptors (Lipinski definition) is 2. The van der Waals surface area contributed by atoms with E-state index in [2.05, 4.69) is 4.98 Å². The SMILES string of the molecule is O=S(=O)(Nc1cc(F)c(C(F)(F)F)cc1F)c1c[nH]c(-c2cccc(Cl)c2)c1. The van der Waals surface area contributed by atoms with E-state index in [0.717, 1.165) is 6.20 Å². The highest BCUT2D eigenvalue weighted by molar-refractivity contribution is 7.92. The predicted octanol–water partition coefficient (Wildman–Crippen LogP) is 5.43. The maximum Gasteiger partial charge on any atom is 0.419 e. The van der Waals surface area contributed by atoms with Crippen molar-refractivity contribution in [2.24, 2.45) is 0 Å². The molecule has 148 valence electrons. The van der Waals surface area contributed by atoms with Gasteiger partial charge in [-0.2, -0.15) is 13.2 Å². The highest BCUT2D eigenvalue weighted by Gasteiger charge is 2.35. The van der Waals surface area contributed by atoms with Gasteiger partial charge in [0.25, 0.3) is 10.0 Å². The Kier molecular flexibility index (Phi) is 5.11. The molecule has 4 nitrogen and oxygen atoms in total. The highest BCUT2D eigenvalue weighted by atomic mass is 35.5. The third-order valence-corrected chi connectivity index (χ3v) is 5.29. The molecule has 0 saturated heterocycles. The third-order valence-electron chi connectivity index (χ3n) is 3.71. The summed E-state index contributed by atoms with van der Waals surface area (Å²) in [4.78, 5) is 2.37. The number of H-pyrrole nitrogens is 1. The Labute approximate surface area is 161 Å². The largest absolute Gasteiger partial charge is 0.419 e. The summed E-state index contributed by atoms with van der Waals surface area (Å²) >= 11 is 5.87. The summed E-state index contributed by atoms with van der Waals surface area (Å²) in [7, 11) is -4.40. The lowest BCUT2D eigenvalue weighted by Crippen LogP contribution is -2.15. The first-order valence-corrected chi connectivity index (χ1v) is 9.37. The van der Waals surface area contributed by atoms with E-state index < -0.39 is 39.1 Å². The van der Waals surface area contributed by atoms with Crippen LogP contribution in [0.3, 0.4) is 0 Å². The fraction of sp³-hybridized carbons (Fsp3) is 0.0588. The molecule has 11 heteroatoms. The van der Waals surface area contributed by atoms with E-state index in [0.29, 0.717) is 16.3 Å². The van der Waals surface area contributed by atoms with Crippen LogP contribution in [0.4, 0.5) is 27.6 Å². The summed E-state index contributed by atoms with van der Waals surface area (Å²) < 4.78 is 91.8. The van der Waals surface area contributed by atoms with Crippen molar-refractivity contribution in [2.75, 3.05) is 4.72 Å². The quantitative estimate of drug-likeness (QED) is 0.535. The van der Waals surface area contributed by atoms with Crippen molar-refractivity contribution < 1.29 is 30.4 Å². The minimum Gasteiger partial charge on any atom is -0.360 e. The van der Waals surface area contributed by atoms with Crippen LogP contribution in [0.2, 0.25) is 5.02 Å². The Morgan fingerprint density at radius 1 is 1.00 bits per heavy atom. The number of nitrogens with one attached hydrogen (secondary N) is 2. The molecule has 2 aromatic carbocycles. The van der Waals surface area contributed by atoms with Crippen molar-refractivity contribution in [1.29, 1.82) is 0 Å². The highest BCUT2D eigenvalue weighted by Crippen LogP contribution is 2.34. The first-order valence-electron chi connectivity index (χ1n) is 7.51. The van der Waals surface area contributed by atoms with Gasteiger partial charge in [-0.15, -0.1) is 0 Å². The van der Waals surface area contributed by atoms with Crippen LogP contribution < -0.4 is 4.72 Å². The number of aromatic nitrogens is 1. The molecule has 3 aromatic rings. The van der Waals surface area contributed by atoms with Crippen molar-refractivity contribution in [3.8, 4) is 11.3 Å². The summed E-state index contributed by atoms with van der Waals surface area (Å²) in [6, 6.07) is 7.74. The number of anilines is 1. The van der Waals surface area contributed by atoms with Gasteiger partial charge in [-0.1, -0.05) is 23.7 Å². The Hall–Kier alpha value is -2.59. The van der Waals surface area contributed by atoms with Crippen molar-refractivity contribution >= 4 is 27.3 Å². The predicted molar refractivity (Wildman–Crippen MR) is 93.4 cm³/mol. The Bertz CT molecular complexity index is 1140. The van der Waals surface area contributed by atoms with Crippen LogP contribution >= 0.6 is 11.6 Å². The molecule has 1 heterocycles. The molecule has 0 aliphatic carbocycles. The Morgan fingerprint density at radius 3 is 2.36 bits per heavy atom. The lowest BCUT2D eigenvalue weighted by atomic mass is 10.2. The van der Waals surface area contributed by atoms with Gasteiger partial charge in [-0.3, -0.25) is 4.72 Å². The third kappa shape index (κ3) is 4.12. The van der Waals surface area contributed by atoms with Crippen molar-refractivity contribution in [3.63, 3.8) is 0 Å². The monoisotopic (exact) mass is 436 g/mol. The molecule has 0 fully saturated rings. The van der Waals surface area contributed by atoms with Gasteiger partial charge in [-0.25, -0.2) is 17.2 Å². The second kappa shape index (κ2) is 7.10. The van der Waals surface area contributed by atoms with Gasteiger partial charge in [-0.05, 0) is 29.8 Å². The molecule has 0 radical (unpaired) electrons. The topological polar surface area (TPSA) is 62.0 Å². The van der Waals surface area contributed by atoms with Crippen LogP contribution in [-0.2, 0) is 16.2 Å². The van der Waals surface area contributed by atoms with Crippen LogP contribution in [0, 0.1) is 11.6 Å². The fourth-order valence-electron chi connectivity index (χ4n) is 2.40. The molecule has 0 aliphatic rings. The molecule has 3 rings (SSSR count). The number of halogens is 6. The average Bonchev–Trinajstić information content (AvgIpc) is 3.07. The molecule has 1 aromatic heterocycles. The fourth-order valence-corrected chi connectivity index (χ4v) is 3.64. The van der Waals surface area contributed by atoms with Gasteiger partial charge in [0.05, 0.1) is 11.3 Å². The van der Waals surface area contributed by atoms with E-state index in [-0.39, 0.29) is 17.0 Å². The minimum atomic E-state index is -5.12. The second-order valence-corrected chi connectivity index (χ2v) is 7.79.